The zero-order valence-corrected chi connectivity index (χ0v) is 17.6. The van der Waals surface area contributed by atoms with Crippen LogP contribution in [0.15, 0.2) is 40.3 Å². The second-order valence-corrected chi connectivity index (χ2v) is 8.07. The molecule has 0 bridgehead atoms. The molecule has 0 saturated carbocycles. The summed E-state index contributed by atoms with van der Waals surface area (Å²) in [7, 11) is 0. The van der Waals surface area contributed by atoms with Crippen LogP contribution in [0.25, 0.3) is 10.6 Å². The number of thioether (sulfide) groups is 1. The Morgan fingerprint density at radius 3 is 2.61 bits per heavy atom. The number of esters is 1. The fraction of sp³-hybridized carbons (Fsp3) is 0.300. The minimum atomic E-state index is -0.346. The third kappa shape index (κ3) is 4.88. The first-order chi connectivity index (χ1) is 13.5. The molecule has 0 unspecified atom stereocenters. The number of carbonyl (C=O) groups is 1. The molecule has 0 atom stereocenters. The van der Waals surface area contributed by atoms with Gasteiger partial charge in [-0.05, 0) is 26.5 Å². The number of aryl methyl sites for hydroxylation is 2. The number of nitrogens with one attached hydrogen (secondary N) is 1. The summed E-state index contributed by atoms with van der Waals surface area (Å²) < 4.78 is 5.40. The van der Waals surface area contributed by atoms with E-state index in [0.717, 1.165) is 21.1 Å². The van der Waals surface area contributed by atoms with Crippen molar-refractivity contribution in [2.24, 2.45) is 0 Å². The molecule has 3 rings (SSSR count). The van der Waals surface area contributed by atoms with E-state index in [4.69, 9.17) is 4.74 Å². The minimum Gasteiger partial charge on any atom is -0.460 e. The Labute approximate surface area is 171 Å². The van der Waals surface area contributed by atoms with Gasteiger partial charge in [0.1, 0.15) is 11.6 Å². The molecule has 6 nitrogen and oxygen atoms in total. The first-order valence-corrected chi connectivity index (χ1v) is 10.8. The number of aromatic amines is 1. The van der Waals surface area contributed by atoms with E-state index >= 15 is 0 Å². The van der Waals surface area contributed by atoms with Gasteiger partial charge in [-0.25, -0.2) is 9.97 Å². The van der Waals surface area contributed by atoms with Crippen molar-refractivity contribution in [3.8, 4) is 10.6 Å². The van der Waals surface area contributed by atoms with Crippen LogP contribution >= 0.6 is 23.1 Å². The number of aromatic nitrogens is 3. The van der Waals surface area contributed by atoms with Crippen LogP contribution in [0.4, 0.5) is 0 Å². The van der Waals surface area contributed by atoms with Crippen LogP contribution in [0.5, 0.6) is 0 Å². The van der Waals surface area contributed by atoms with Crippen molar-refractivity contribution in [2.45, 2.75) is 38.5 Å². The summed E-state index contributed by atoms with van der Waals surface area (Å²) in [6.07, 6.45) is 2.28. The molecular weight excluding hydrogens is 394 g/mol. The molecule has 0 aliphatic heterocycles. The molecule has 8 heteroatoms. The maximum absolute atomic E-state index is 12.1. The second kappa shape index (κ2) is 9.16. The van der Waals surface area contributed by atoms with E-state index in [2.05, 4.69) is 15.0 Å². The maximum atomic E-state index is 12.1. The average molecular weight is 416 g/mol. The van der Waals surface area contributed by atoms with Gasteiger partial charge in [-0.1, -0.05) is 42.1 Å². The number of benzene rings is 1. The van der Waals surface area contributed by atoms with E-state index in [1.165, 1.54) is 23.1 Å². The molecule has 0 radical (unpaired) electrons. The van der Waals surface area contributed by atoms with Gasteiger partial charge in [0.15, 0.2) is 5.16 Å². The number of rotatable bonds is 7. The molecule has 0 spiro atoms. The molecule has 2 heterocycles. The van der Waals surface area contributed by atoms with Crippen molar-refractivity contribution in [1.82, 2.24) is 15.0 Å². The highest BCUT2D eigenvalue weighted by atomic mass is 32.2. The van der Waals surface area contributed by atoms with Gasteiger partial charge in [0.2, 0.25) is 0 Å². The molecule has 1 aromatic carbocycles. The minimum absolute atomic E-state index is 0.133. The van der Waals surface area contributed by atoms with E-state index in [9.17, 15) is 9.59 Å². The Hall–Kier alpha value is -2.45. The standard InChI is InChI=1S/C20H21N3O3S2/c1-12-15(18(25)23-20(22-12)27-3)9-10-17(24)26-11-16-13(2)21-19(28-16)14-7-5-4-6-8-14/h4-8H,9-11H2,1-3H3,(H,22,23,25). The molecule has 3 aromatic rings. The summed E-state index contributed by atoms with van der Waals surface area (Å²) in [6.45, 7) is 3.88. The molecule has 146 valence electrons. The fourth-order valence-corrected chi connectivity index (χ4v) is 4.09. The van der Waals surface area contributed by atoms with Gasteiger partial charge >= 0.3 is 5.97 Å². The van der Waals surface area contributed by atoms with Gasteiger partial charge in [0.05, 0.1) is 10.6 Å². The van der Waals surface area contributed by atoms with Crippen molar-refractivity contribution in [2.75, 3.05) is 6.26 Å². The molecule has 2 aromatic heterocycles. The Morgan fingerprint density at radius 2 is 1.93 bits per heavy atom. The fourth-order valence-electron chi connectivity index (χ4n) is 2.69. The van der Waals surface area contributed by atoms with E-state index < -0.39 is 0 Å². The summed E-state index contributed by atoms with van der Waals surface area (Å²) >= 11 is 2.90. The molecule has 0 fully saturated rings. The van der Waals surface area contributed by atoms with Crippen LogP contribution in [0, 0.1) is 13.8 Å². The lowest BCUT2D eigenvalue weighted by Gasteiger charge is -2.06. The van der Waals surface area contributed by atoms with E-state index in [1.54, 1.807) is 6.92 Å². The first-order valence-electron chi connectivity index (χ1n) is 8.79. The highest BCUT2D eigenvalue weighted by molar-refractivity contribution is 7.98. The summed E-state index contributed by atoms with van der Waals surface area (Å²) in [6, 6.07) is 9.91. The molecule has 0 aliphatic rings. The summed E-state index contributed by atoms with van der Waals surface area (Å²) in [5, 5.41) is 1.48. The number of H-pyrrole nitrogens is 1. The number of nitrogens with zero attached hydrogens (tertiary/aromatic N) is 2. The Bertz CT molecular complexity index is 1030. The zero-order valence-electron chi connectivity index (χ0n) is 15.9. The first kappa shape index (κ1) is 20.3. The van der Waals surface area contributed by atoms with Crippen LogP contribution in [-0.2, 0) is 22.6 Å². The number of carbonyl (C=O) groups excluding carboxylic acids is 1. The lowest BCUT2D eigenvalue weighted by molar-refractivity contribution is -0.144. The summed E-state index contributed by atoms with van der Waals surface area (Å²) in [5.74, 6) is -0.346. The predicted molar refractivity (Wildman–Crippen MR) is 112 cm³/mol. The third-order valence-corrected chi connectivity index (χ3v) is 6.01. The van der Waals surface area contributed by atoms with Crippen molar-refractivity contribution in [1.29, 1.82) is 0 Å². The van der Waals surface area contributed by atoms with Crippen LogP contribution in [0.3, 0.4) is 0 Å². The highest BCUT2D eigenvalue weighted by Crippen LogP contribution is 2.28. The predicted octanol–water partition coefficient (Wildman–Crippen LogP) is 3.91. The van der Waals surface area contributed by atoms with Crippen molar-refractivity contribution in [3.63, 3.8) is 0 Å². The lowest BCUT2D eigenvalue weighted by Crippen LogP contribution is -2.18. The number of ether oxygens (including phenoxy) is 1. The summed E-state index contributed by atoms with van der Waals surface area (Å²) in [5.41, 5.74) is 2.88. The quantitative estimate of drug-likeness (QED) is 0.358. The normalized spacial score (nSPS) is 10.8. The molecule has 0 amide bonds. The monoisotopic (exact) mass is 415 g/mol. The van der Waals surface area contributed by atoms with Crippen LogP contribution in [-0.4, -0.2) is 27.2 Å². The van der Waals surface area contributed by atoms with E-state index in [0.29, 0.717) is 22.8 Å². The molecule has 28 heavy (non-hydrogen) atoms. The summed E-state index contributed by atoms with van der Waals surface area (Å²) in [4.78, 5) is 36.8. The van der Waals surface area contributed by atoms with Crippen LogP contribution in [0.1, 0.15) is 28.2 Å². The third-order valence-electron chi connectivity index (χ3n) is 4.25. The SMILES string of the molecule is CSc1nc(C)c(CCC(=O)OCc2sc(-c3ccccc3)nc2C)c(=O)[nH]1. The molecule has 1 N–H and O–H groups in total. The lowest BCUT2D eigenvalue weighted by atomic mass is 10.1. The van der Waals surface area contributed by atoms with Gasteiger partial charge < -0.3 is 9.72 Å². The number of hydrogen-bond acceptors (Lipinski definition) is 7. The maximum Gasteiger partial charge on any atom is 0.306 e. The van der Waals surface area contributed by atoms with Crippen molar-refractivity contribution < 1.29 is 9.53 Å². The van der Waals surface area contributed by atoms with Gasteiger partial charge in [0, 0.05) is 23.2 Å². The Balaban J connectivity index is 1.58. The van der Waals surface area contributed by atoms with Crippen LogP contribution < -0.4 is 5.56 Å². The van der Waals surface area contributed by atoms with Gasteiger partial charge in [-0.3, -0.25) is 9.59 Å². The van der Waals surface area contributed by atoms with Crippen LogP contribution in [0.2, 0.25) is 0 Å². The van der Waals surface area contributed by atoms with Gasteiger partial charge in [-0.15, -0.1) is 11.3 Å². The second-order valence-electron chi connectivity index (χ2n) is 6.19. The van der Waals surface area contributed by atoms with Crippen molar-refractivity contribution in [3.05, 3.63) is 62.5 Å². The topological polar surface area (TPSA) is 84.9 Å². The highest BCUT2D eigenvalue weighted by Gasteiger charge is 2.14. The molecule has 0 saturated heterocycles. The molecular formula is C20H21N3O3S2. The zero-order chi connectivity index (χ0) is 20.1. The van der Waals surface area contributed by atoms with Gasteiger partial charge in [-0.2, -0.15) is 0 Å². The Morgan fingerprint density at radius 1 is 1.18 bits per heavy atom. The average Bonchev–Trinajstić information content (AvgIpc) is 3.07. The van der Waals surface area contributed by atoms with Gasteiger partial charge in [0.25, 0.3) is 5.56 Å². The largest absolute Gasteiger partial charge is 0.460 e. The molecule has 0 aliphatic carbocycles. The van der Waals surface area contributed by atoms with E-state index in [-0.39, 0.29) is 24.6 Å². The van der Waals surface area contributed by atoms with E-state index in [1.807, 2.05) is 43.5 Å². The number of hydrogen-bond donors (Lipinski definition) is 1. The number of thiazole rings is 1. The smallest absolute Gasteiger partial charge is 0.306 e. The Kier molecular flexibility index (Phi) is 6.64. The van der Waals surface area contributed by atoms with Crippen molar-refractivity contribution >= 4 is 29.1 Å².